The molecule has 0 heterocycles. The Balaban J connectivity index is 1.89. The van der Waals surface area contributed by atoms with Crippen LogP contribution in [-0.2, 0) is 4.79 Å². The number of nitrogens with one attached hydrogen (secondary N) is 1. The first-order chi connectivity index (χ1) is 10.1. The van der Waals surface area contributed by atoms with Gasteiger partial charge >= 0.3 is 0 Å². The first kappa shape index (κ1) is 14.8. The Morgan fingerprint density at radius 2 is 1.81 bits per heavy atom. The minimum Gasteiger partial charge on any atom is -0.497 e. The number of benzene rings is 2. The second-order valence-corrected chi connectivity index (χ2v) is 4.50. The van der Waals surface area contributed by atoms with Crippen LogP contribution in [0, 0.1) is 12.7 Å². The molecule has 0 aliphatic rings. The highest BCUT2D eigenvalue weighted by molar-refractivity contribution is 5.92. The number of hydrogen-bond acceptors (Lipinski definition) is 3. The van der Waals surface area contributed by atoms with Gasteiger partial charge in [0.15, 0.2) is 6.61 Å². The number of amides is 1. The summed E-state index contributed by atoms with van der Waals surface area (Å²) < 4.78 is 23.9. The molecule has 5 heteroatoms. The van der Waals surface area contributed by atoms with Crippen molar-refractivity contribution < 1.29 is 18.7 Å². The van der Waals surface area contributed by atoms with Crippen LogP contribution < -0.4 is 14.8 Å². The zero-order valence-corrected chi connectivity index (χ0v) is 11.9. The Hall–Kier alpha value is -2.56. The van der Waals surface area contributed by atoms with Crippen LogP contribution >= 0.6 is 0 Å². The van der Waals surface area contributed by atoms with Crippen molar-refractivity contribution in [3.8, 4) is 11.5 Å². The normalized spacial score (nSPS) is 10.0. The highest BCUT2D eigenvalue weighted by Crippen LogP contribution is 2.18. The molecule has 4 nitrogen and oxygen atoms in total. The van der Waals surface area contributed by atoms with Crippen LogP contribution in [0.15, 0.2) is 42.5 Å². The van der Waals surface area contributed by atoms with E-state index < -0.39 is 11.7 Å². The third-order valence-corrected chi connectivity index (χ3v) is 2.83. The lowest BCUT2D eigenvalue weighted by Crippen LogP contribution is -2.20. The second kappa shape index (κ2) is 6.74. The van der Waals surface area contributed by atoms with E-state index in [4.69, 9.17) is 9.47 Å². The van der Waals surface area contributed by atoms with Gasteiger partial charge in [0.1, 0.15) is 17.3 Å². The largest absolute Gasteiger partial charge is 0.497 e. The Bertz CT molecular complexity index is 626. The van der Waals surface area contributed by atoms with Gasteiger partial charge in [-0.15, -0.1) is 0 Å². The summed E-state index contributed by atoms with van der Waals surface area (Å²) in [5.74, 6) is 0.352. The average molecular weight is 289 g/mol. The molecule has 21 heavy (non-hydrogen) atoms. The van der Waals surface area contributed by atoms with E-state index in [0.717, 1.165) is 5.56 Å². The molecule has 0 spiro atoms. The maximum Gasteiger partial charge on any atom is 0.262 e. The minimum absolute atomic E-state index is 0.143. The van der Waals surface area contributed by atoms with Gasteiger partial charge in [-0.2, -0.15) is 0 Å². The molecule has 0 fully saturated rings. The third-order valence-electron chi connectivity index (χ3n) is 2.83. The summed E-state index contributed by atoms with van der Waals surface area (Å²) in [6.07, 6.45) is 0. The van der Waals surface area contributed by atoms with E-state index in [9.17, 15) is 9.18 Å². The Morgan fingerprint density at radius 1 is 1.14 bits per heavy atom. The molecule has 0 radical (unpaired) electrons. The quantitative estimate of drug-likeness (QED) is 0.919. The van der Waals surface area contributed by atoms with Crippen molar-refractivity contribution in [2.45, 2.75) is 6.92 Å². The lowest BCUT2D eigenvalue weighted by atomic mass is 10.2. The molecule has 1 N–H and O–H groups in total. The van der Waals surface area contributed by atoms with Gasteiger partial charge in [-0.25, -0.2) is 4.39 Å². The van der Waals surface area contributed by atoms with Crippen molar-refractivity contribution in [3.63, 3.8) is 0 Å². The topological polar surface area (TPSA) is 47.6 Å². The number of hydrogen-bond donors (Lipinski definition) is 1. The van der Waals surface area contributed by atoms with Gasteiger partial charge in [-0.1, -0.05) is 6.07 Å². The highest BCUT2D eigenvalue weighted by atomic mass is 19.1. The predicted octanol–water partition coefficient (Wildman–Crippen LogP) is 3.16. The Labute approximate surface area is 122 Å². The fraction of sp³-hybridized carbons (Fsp3) is 0.188. The van der Waals surface area contributed by atoms with E-state index in [2.05, 4.69) is 5.32 Å². The van der Waals surface area contributed by atoms with Crippen LogP contribution in [0.5, 0.6) is 11.5 Å². The molecule has 0 unspecified atom stereocenters. The van der Waals surface area contributed by atoms with Gasteiger partial charge in [-0.05, 0) is 48.9 Å². The summed E-state index contributed by atoms with van der Waals surface area (Å²) in [5, 5.41) is 2.47. The molecule has 0 aromatic heterocycles. The lowest BCUT2D eigenvalue weighted by Gasteiger charge is -2.09. The monoisotopic (exact) mass is 289 g/mol. The van der Waals surface area contributed by atoms with Crippen molar-refractivity contribution in [2.75, 3.05) is 19.0 Å². The first-order valence-corrected chi connectivity index (χ1v) is 6.41. The standard InChI is InChI=1S/C16H16FNO3/c1-11-3-8-15(14(17)9-11)18-16(19)10-21-13-6-4-12(20-2)5-7-13/h3-9H,10H2,1-2H3,(H,18,19). The molecular weight excluding hydrogens is 273 g/mol. The fourth-order valence-electron chi connectivity index (χ4n) is 1.73. The second-order valence-electron chi connectivity index (χ2n) is 4.50. The van der Waals surface area contributed by atoms with Crippen LogP contribution in [0.2, 0.25) is 0 Å². The number of carbonyl (C=O) groups is 1. The van der Waals surface area contributed by atoms with Crippen molar-refractivity contribution in [1.29, 1.82) is 0 Å². The van der Waals surface area contributed by atoms with Gasteiger partial charge in [0.2, 0.25) is 0 Å². The van der Waals surface area contributed by atoms with Crippen LogP contribution in [0.25, 0.3) is 0 Å². The number of halogens is 1. The first-order valence-electron chi connectivity index (χ1n) is 6.41. The molecule has 2 aromatic rings. The van der Waals surface area contributed by atoms with E-state index in [1.807, 2.05) is 0 Å². The van der Waals surface area contributed by atoms with Gasteiger partial charge in [0, 0.05) is 0 Å². The number of aryl methyl sites for hydroxylation is 1. The number of anilines is 1. The minimum atomic E-state index is -0.465. The number of rotatable bonds is 5. The van der Waals surface area contributed by atoms with Crippen molar-refractivity contribution in [1.82, 2.24) is 0 Å². The molecular formula is C16H16FNO3. The molecule has 0 aliphatic carbocycles. The van der Waals surface area contributed by atoms with E-state index >= 15 is 0 Å². The highest BCUT2D eigenvalue weighted by Gasteiger charge is 2.08. The maximum absolute atomic E-state index is 13.6. The summed E-state index contributed by atoms with van der Waals surface area (Å²) in [5.41, 5.74) is 0.934. The number of carbonyl (C=O) groups excluding carboxylic acids is 1. The molecule has 0 saturated heterocycles. The number of ether oxygens (including phenoxy) is 2. The van der Waals surface area contributed by atoms with Crippen molar-refractivity contribution >= 4 is 11.6 Å². The van der Waals surface area contributed by atoms with Gasteiger partial charge in [-0.3, -0.25) is 4.79 Å². The van der Waals surface area contributed by atoms with Gasteiger partial charge < -0.3 is 14.8 Å². The van der Waals surface area contributed by atoms with E-state index in [1.165, 1.54) is 12.1 Å². The summed E-state index contributed by atoms with van der Waals surface area (Å²) >= 11 is 0. The zero-order chi connectivity index (χ0) is 15.2. The Kier molecular flexibility index (Phi) is 4.77. The van der Waals surface area contributed by atoms with Crippen LogP contribution in [-0.4, -0.2) is 19.6 Å². The third kappa shape index (κ3) is 4.21. The van der Waals surface area contributed by atoms with E-state index in [-0.39, 0.29) is 12.3 Å². The molecule has 0 bridgehead atoms. The van der Waals surface area contributed by atoms with Gasteiger partial charge in [0.05, 0.1) is 12.8 Å². The molecule has 110 valence electrons. The van der Waals surface area contributed by atoms with Crippen LogP contribution in [0.3, 0.4) is 0 Å². The summed E-state index contributed by atoms with van der Waals surface area (Å²) in [4.78, 5) is 11.7. The SMILES string of the molecule is COc1ccc(OCC(=O)Nc2ccc(C)cc2F)cc1. The van der Waals surface area contributed by atoms with Crippen molar-refractivity contribution in [2.24, 2.45) is 0 Å². The maximum atomic E-state index is 13.6. The predicted molar refractivity (Wildman–Crippen MR) is 78.3 cm³/mol. The van der Waals surface area contributed by atoms with Gasteiger partial charge in [0.25, 0.3) is 5.91 Å². The molecule has 2 aromatic carbocycles. The number of methoxy groups -OCH3 is 1. The molecule has 0 atom stereocenters. The average Bonchev–Trinajstić information content (AvgIpc) is 2.48. The molecule has 1 amide bonds. The van der Waals surface area contributed by atoms with Crippen LogP contribution in [0.1, 0.15) is 5.56 Å². The fourth-order valence-corrected chi connectivity index (χ4v) is 1.73. The Morgan fingerprint density at radius 3 is 2.43 bits per heavy atom. The summed E-state index contributed by atoms with van der Waals surface area (Å²) in [7, 11) is 1.57. The summed E-state index contributed by atoms with van der Waals surface area (Å²) in [6, 6.07) is 11.5. The van der Waals surface area contributed by atoms with E-state index in [0.29, 0.717) is 11.5 Å². The van der Waals surface area contributed by atoms with Crippen LogP contribution in [0.4, 0.5) is 10.1 Å². The molecule has 0 saturated carbocycles. The zero-order valence-electron chi connectivity index (χ0n) is 11.9. The molecule has 0 aliphatic heterocycles. The lowest BCUT2D eigenvalue weighted by molar-refractivity contribution is -0.118. The smallest absolute Gasteiger partial charge is 0.262 e. The molecule has 2 rings (SSSR count). The van der Waals surface area contributed by atoms with E-state index in [1.54, 1.807) is 44.4 Å². The summed E-state index contributed by atoms with van der Waals surface area (Å²) in [6.45, 7) is 1.58. The van der Waals surface area contributed by atoms with Crippen molar-refractivity contribution in [3.05, 3.63) is 53.8 Å².